The zero-order valence-corrected chi connectivity index (χ0v) is 17.7. The lowest BCUT2D eigenvalue weighted by molar-refractivity contribution is -0.120. The largest absolute Gasteiger partial charge is 0.364 e. The summed E-state index contributed by atoms with van der Waals surface area (Å²) >= 11 is 6.05. The van der Waals surface area contributed by atoms with Gasteiger partial charge in [-0.2, -0.15) is 0 Å². The van der Waals surface area contributed by atoms with Crippen LogP contribution in [0.4, 0.5) is 5.69 Å². The van der Waals surface area contributed by atoms with Crippen LogP contribution in [0.5, 0.6) is 0 Å². The van der Waals surface area contributed by atoms with Gasteiger partial charge < -0.3 is 9.80 Å². The summed E-state index contributed by atoms with van der Waals surface area (Å²) in [7, 11) is 2.06. The second-order valence-electron chi connectivity index (χ2n) is 7.74. The number of carbonyl (C=O) groups excluding carboxylic acids is 2. The molecule has 0 atom stereocenters. The maximum atomic E-state index is 13.5. The van der Waals surface area contributed by atoms with Crippen molar-refractivity contribution < 1.29 is 9.59 Å². The number of halogens is 1. The molecule has 150 valence electrons. The summed E-state index contributed by atoms with van der Waals surface area (Å²) in [5, 5.41) is 0.596. The molecule has 0 unspecified atom stereocenters. The van der Waals surface area contributed by atoms with Crippen molar-refractivity contribution >= 4 is 34.7 Å². The molecule has 5 nitrogen and oxygen atoms in total. The van der Waals surface area contributed by atoms with E-state index in [-0.39, 0.29) is 11.8 Å². The van der Waals surface area contributed by atoms with Crippen LogP contribution in [0.15, 0.2) is 48.2 Å². The molecule has 4 rings (SSSR count). The van der Waals surface area contributed by atoms with Crippen LogP contribution in [0.25, 0.3) is 5.57 Å². The van der Waals surface area contributed by atoms with Crippen LogP contribution in [0, 0.1) is 13.8 Å². The third-order valence-electron chi connectivity index (χ3n) is 5.76. The maximum absolute atomic E-state index is 13.5. The van der Waals surface area contributed by atoms with E-state index in [2.05, 4.69) is 11.9 Å². The van der Waals surface area contributed by atoms with Crippen molar-refractivity contribution in [2.75, 3.05) is 38.1 Å². The van der Waals surface area contributed by atoms with Gasteiger partial charge in [0.2, 0.25) is 0 Å². The monoisotopic (exact) mass is 409 g/mol. The Labute approximate surface area is 176 Å². The molecule has 0 spiro atoms. The van der Waals surface area contributed by atoms with E-state index >= 15 is 0 Å². The highest BCUT2D eigenvalue weighted by atomic mass is 35.5. The molecule has 2 aromatic carbocycles. The molecule has 2 aliphatic rings. The second kappa shape index (κ2) is 7.65. The van der Waals surface area contributed by atoms with Crippen molar-refractivity contribution in [2.24, 2.45) is 0 Å². The number of hydrogen-bond donors (Lipinski definition) is 0. The third-order valence-corrected chi connectivity index (χ3v) is 6.01. The Kier molecular flexibility index (Phi) is 5.19. The number of rotatable bonds is 3. The number of carbonyl (C=O) groups is 2. The lowest BCUT2D eigenvalue weighted by atomic mass is 10.0. The number of likely N-dealkylation sites (N-methyl/N-ethyl adjacent to an activating group) is 1. The van der Waals surface area contributed by atoms with Crippen molar-refractivity contribution in [3.8, 4) is 0 Å². The predicted molar refractivity (Wildman–Crippen MR) is 116 cm³/mol. The smallest absolute Gasteiger partial charge is 0.282 e. The molecular weight excluding hydrogens is 386 g/mol. The first-order valence-electron chi connectivity index (χ1n) is 9.76. The molecule has 2 amide bonds. The van der Waals surface area contributed by atoms with Gasteiger partial charge in [0.25, 0.3) is 11.8 Å². The van der Waals surface area contributed by atoms with Crippen LogP contribution in [-0.2, 0) is 9.59 Å². The molecule has 1 fully saturated rings. The van der Waals surface area contributed by atoms with E-state index in [0.717, 1.165) is 24.2 Å². The third kappa shape index (κ3) is 3.56. The van der Waals surface area contributed by atoms with Gasteiger partial charge in [-0.1, -0.05) is 29.8 Å². The highest BCUT2D eigenvalue weighted by molar-refractivity contribution is 6.45. The minimum Gasteiger partial charge on any atom is -0.364 e. The Bertz CT molecular complexity index is 1010. The lowest BCUT2D eigenvalue weighted by Gasteiger charge is -2.34. The summed E-state index contributed by atoms with van der Waals surface area (Å²) in [6.45, 7) is 7.12. The molecule has 0 aromatic heterocycles. The van der Waals surface area contributed by atoms with Gasteiger partial charge in [-0.05, 0) is 61.9 Å². The minimum atomic E-state index is -0.283. The molecule has 2 heterocycles. The maximum Gasteiger partial charge on any atom is 0.282 e. The predicted octanol–water partition coefficient (Wildman–Crippen LogP) is 3.49. The molecular formula is C23H24ClN3O2. The summed E-state index contributed by atoms with van der Waals surface area (Å²) in [5.41, 5.74) is 4.44. The minimum absolute atomic E-state index is 0.257. The number of nitrogens with zero attached hydrogens (tertiary/aromatic N) is 3. The molecule has 2 aliphatic heterocycles. The van der Waals surface area contributed by atoms with E-state index in [0.29, 0.717) is 40.6 Å². The van der Waals surface area contributed by atoms with Gasteiger partial charge in [0.1, 0.15) is 5.70 Å². The lowest BCUT2D eigenvalue weighted by Crippen LogP contribution is -2.46. The summed E-state index contributed by atoms with van der Waals surface area (Å²) in [5.74, 6) is -0.540. The molecule has 1 saturated heterocycles. The first-order chi connectivity index (χ1) is 13.9. The Morgan fingerprint density at radius 2 is 1.48 bits per heavy atom. The van der Waals surface area contributed by atoms with Crippen LogP contribution < -0.4 is 4.90 Å². The van der Waals surface area contributed by atoms with Crippen LogP contribution in [0.2, 0.25) is 5.02 Å². The Hall–Kier alpha value is -2.63. The van der Waals surface area contributed by atoms with Crippen LogP contribution >= 0.6 is 11.6 Å². The summed E-state index contributed by atoms with van der Waals surface area (Å²) in [6.07, 6.45) is 0. The number of amides is 2. The standard InChI is InChI=1S/C23H24ClN3O2/c1-15-4-9-19(14-16(15)2)27-22(28)20(17-5-7-18(24)8-6-17)21(23(27)29)26-12-10-25(3)11-13-26/h4-9,14H,10-13H2,1-3H3. The van der Waals surface area contributed by atoms with Gasteiger partial charge >= 0.3 is 0 Å². The SMILES string of the molecule is Cc1ccc(N2C(=O)C(c3ccc(Cl)cc3)=C(N3CCN(C)CC3)C2=O)cc1C. The normalized spacial score (nSPS) is 18.2. The zero-order valence-electron chi connectivity index (χ0n) is 16.9. The van der Waals surface area contributed by atoms with Crippen molar-refractivity contribution in [2.45, 2.75) is 13.8 Å². The number of hydrogen-bond acceptors (Lipinski definition) is 4. The van der Waals surface area contributed by atoms with Crippen molar-refractivity contribution in [1.29, 1.82) is 0 Å². The van der Waals surface area contributed by atoms with E-state index in [1.807, 2.05) is 49.1 Å². The number of imide groups is 1. The van der Waals surface area contributed by atoms with E-state index in [9.17, 15) is 9.59 Å². The van der Waals surface area contributed by atoms with Crippen molar-refractivity contribution in [3.05, 3.63) is 69.9 Å². The molecule has 0 bridgehead atoms. The number of anilines is 1. The van der Waals surface area contributed by atoms with E-state index in [1.165, 1.54) is 4.90 Å². The second-order valence-corrected chi connectivity index (χ2v) is 8.17. The average Bonchev–Trinajstić information content (AvgIpc) is 2.96. The Morgan fingerprint density at radius 3 is 2.10 bits per heavy atom. The zero-order chi connectivity index (χ0) is 20.7. The van der Waals surface area contributed by atoms with Crippen molar-refractivity contribution in [1.82, 2.24) is 9.80 Å². The van der Waals surface area contributed by atoms with Gasteiger partial charge in [0.05, 0.1) is 11.3 Å². The average molecular weight is 410 g/mol. The molecule has 0 saturated carbocycles. The Morgan fingerprint density at radius 1 is 0.828 bits per heavy atom. The van der Waals surface area contributed by atoms with Crippen LogP contribution in [-0.4, -0.2) is 54.8 Å². The van der Waals surface area contributed by atoms with E-state index < -0.39 is 0 Å². The first-order valence-corrected chi connectivity index (χ1v) is 10.1. The Balaban J connectivity index is 1.81. The number of piperazine rings is 1. The number of aryl methyl sites for hydroxylation is 2. The molecule has 0 N–H and O–H groups in total. The van der Waals surface area contributed by atoms with Gasteiger partial charge in [0.15, 0.2) is 0 Å². The van der Waals surface area contributed by atoms with Gasteiger partial charge in [-0.25, -0.2) is 4.90 Å². The molecule has 2 aromatic rings. The summed E-state index contributed by atoms with van der Waals surface area (Å²) < 4.78 is 0. The summed E-state index contributed by atoms with van der Waals surface area (Å²) in [6, 6.07) is 12.8. The van der Waals surface area contributed by atoms with Crippen molar-refractivity contribution in [3.63, 3.8) is 0 Å². The molecule has 0 aliphatic carbocycles. The summed E-state index contributed by atoms with van der Waals surface area (Å²) in [4.78, 5) is 32.6. The van der Waals surface area contributed by atoms with Gasteiger partial charge in [-0.3, -0.25) is 9.59 Å². The van der Waals surface area contributed by atoms with Gasteiger partial charge in [0, 0.05) is 31.2 Å². The van der Waals surface area contributed by atoms with E-state index in [4.69, 9.17) is 11.6 Å². The van der Waals surface area contributed by atoms with Crippen LogP contribution in [0.1, 0.15) is 16.7 Å². The molecule has 6 heteroatoms. The number of benzene rings is 2. The topological polar surface area (TPSA) is 43.9 Å². The first kappa shape index (κ1) is 19.7. The fraction of sp³-hybridized carbons (Fsp3) is 0.304. The highest BCUT2D eigenvalue weighted by Crippen LogP contribution is 2.36. The van der Waals surface area contributed by atoms with Crippen LogP contribution in [0.3, 0.4) is 0 Å². The van der Waals surface area contributed by atoms with Gasteiger partial charge in [-0.15, -0.1) is 0 Å². The highest BCUT2D eigenvalue weighted by Gasteiger charge is 2.42. The molecule has 29 heavy (non-hydrogen) atoms. The van der Waals surface area contributed by atoms with E-state index in [1.54, 1.807) is 12.1 Å². The molecule has 0 radical (unpaired) electrons. The quantitative estimate of drug-likeness (QED) is 0.728. The fourth-order valence-corrected chi connectivity index (χ4v) is 3.94. The fourth-order valence-electron chi connectivity index (χ4n) is 3.82.